The van der Waals surface area contributed by atoms with E-state index in [1.165, 1.54) is 48.7 Å². The Labute approximate surface area is 154 Å². The third kappa shape index (κ3) is 2.76. The van der Waals surface area contributed by atoms with Crippen LogP contribution in [0.5, 0.6) is 0 Å². The molecule has 0 amide bonds. The summed E-state index contributed by atoms with van der Waals surface area (Å²) in [6, 6.07) is 26.4. The number of fused-ring (bicyclic) bond motifs is 4. The third-order valence-electron chi connectivity index (χ3n) is 4.89. The van der Waals surface area contributed by atoms with Gasteiger partial charge in [0, 0.05) is 5.69 Å². The monoisotopic (exact) mass is 337 g/mol. The van der Waals surface area contributed by atoms with Crippen molar-refractivity contribution in [3.63, 3.8) is 0 Å². The Kier molecular flexibility index (Phi) is 4.00. The zero-order valence-corrected chi connectivity index (χ0v) is 15.5. The Morgan fingerprint density at radius 2 is 0.846 bits per heavy atom. The van der Waals surface area contributed by atoms with Crippen molar-refractivity contribution in [3.05, 3.63) is 78.4 Å². The van der Waals surface area contributed by atoms with Gasteiger partial charge in [0.2, 0.25) is 0 Å². The largest absolute Gasteiger partial charge is 0.399 e. The van der Waals surface area contributed by atoms with E-state index in [2.05, 4.69) is 67.6 Å². The summed E-state index contributed by atoms with van der Waals surface area (Å²) in [5, 5.41) is 10.1. The van der Waals surface area contributed by atoms with Crippen molar-refractivity contribution < 1.29 is 0 Å². The van der Waals surface area contributed by atoms with E-state index in [-0.39, 0.29) is 0 Å². The van der Waals surface area contributed by atoms with Gasteiger partial charge in [-0.2, -0.15) is 0 Å². The molecule has 0 unspecified atom stereocenters. The van der Waals surface area contributed by atoms with Crippen molar-refractivity contribution in [1.82, 2.24) is 0 Å². The highest BCUT2D eigenvalue weighted by molar-refractivity contribution is 6.08. The average molecular weight is 337 g/mol. The smallest absolute Gasteiger partial charge is 0.0320 e. The first kappa shape index (κ1) is 16.4. The maximum atomic E-state index is 5.93. The van der Waals surface area contributed by atoms with Gasteiger partial charge in [0.15, 0.2) is 0 Å². The van der Waals surface area contributed by atoms with Gasteiger partial charge in [0.25, 0.3) is 0 Å². The molecule has 1 heteroatoms. The van der Waals surface area contributed by atoms with Crippen molar-refractivity contribution in [2.24, 2.45) is 0 Å². The fourth-order valence-electron chi connectivity index (χ4n) is 3.64. The molecule has 0 radical (unpaired) electrons. The maximum absolute atomic E-state index is 5.93. The number of rotatable bonds is 0. The minimum absolute atomic E-state index is 0.809. The molecule has 0 heterocycles. The molecule has 5 aromatic rings. The predicted molar refractivity (Wildman–Crippen MR) is 117 cm³/mol. The van der Waals surface area contributed by atoms with E-state index in [9.17, 15) is 0 Å². The number of nitrogen functional groups attached to an aromatic ring is 1. The molecule has 0 aliphatic heterocycles. The van der Waals surface area contributed by atoms with E-state index in [4.69, 9.17) is 5.73 Å². The molecule has 0 aromatic heterocycles. The van der Waals surface area contributed by atoms with E-state index in [1.54, 1.807) is 0 Å². The van der Waals surface area contributed by atoms with Gasteiger partial charge in [-0.25, -0.2) is 0 Å². The molecule has 5 rings (SSSR count). The first-order valence-corrected chi connectivity index (χ1v) is 9.23. The average Bonchev–Trinajstić information content (AvgIpc) is 2.65. The standard InChI is InChI=1S/C23H17N.C2H6/c1-14-2-3-15-7-18-11-21-12-22-13-23(24)5-4-16(22)8-19(21)10-20(18)9-17(15)6-14;1-2/h2-13H,24H2,1H3;1-2H3. The fourth-order valence-corrected chi connectivity index (χ4v) is 3.64. The van der Waals surface area contributed by atoms with Crippen molar-refractivity contribution in [1.29, 1.82) is 0 Å². The second kappa shape index (κ2) is 6.34. The van der Waals surface area contributed by atoms with Gasteiger partial charge in [-0.05, 0) is 98.5 Å². The lowest BCUT2D eigenvalue weighted by Gasteiger charge is -2.08. The number of benzene rings is 5. The highest BCUT2D eigenvalue weighted by Gasteiger charge is 2.04. The van der Waals surface area contributed by atoms with E-state index in [0.717, 1.165) is 5.69 Å². The summed E-state index contributed by atoms with van der Waals surface area (Å²) >= 11 is 0. The molecule has 0 aliphatic carbocycles. The van der Waals surface area contributed by atoms with Crippen LogP contribution < -0.4 is 5.73 Å². The SMILES string of the molecule is CC.Cc1ccc2cc3cc4cc5cc(N)ccc5cc4cc3cc2c1. The first-order valence-electron chi connectivity index (χ1n) is 9.23. The minimum Gasteiger partial charge on any atom is -0.399 e. The molecule has 2 N–H and O–H groups in total. The molecular weight excluding hydrogens is 314 g/mol. The molecule has 0 atom stereocenters. The lowest BCUT2D eigenvalue weighted by molar-refractivity contribution is 1.50. The Hall–Kier alpha value is -3.06. The number of hydrogen-bond donors (Lipinski definition) is 1. The zero-order chi connectivity index (χ0) is 18.3. The molecule has 5 aromatic carbocycles. The van der Waals surface area contributed by atoms with Gasteiger partial charge < -0.3 is 5.73 Å². The lowest BCUT2D eigenvalue weighted by atomic mass is 9.97. The van der Waals surface area contributed by atoms with Gasteiger partial charge in [0.05, 0.1) is 0 Å². The van der Waals surface area contributed by atoms with Crippen LogP contribution in [0.1, 0.15) is 19.4 Å². The van der Waals surface area contributed by atoms with E-state index >= 15 is 0 Å². The molecule has 0 spiro atoms. The Morgan fingerprint density at radius 3 is 1.38 bits per heavy atom. The normalized spacial score (nSPS) is 11.0. The fraction of sp³-hybridized carbons (Fsp3) is 0.120. The Morgan fingerprint density at radius 1 is 0.462 bits per heavy atom. The number of anilines is 1. The molecule has 1 nitrogen and oxygen atoms in total. The number of aryl methyl sites for hydroxylation is 1. The molecule has 0 aliphatic rings. The molecule has 128 valence electrons. The molecule has 26 heavy (non-hydrogen) atoms. The highest BCUT2D eigenvalue weighted by atomic mass is 14.5. The summed E-state index contributed by atoms with van der Waals surface area (Å²) in [6.45, 7) is 6.14. The summed E-state index contributed by atoms with van der Waals surface area (Å²) in [6.07, 6.45) is 0. The quantitative estimate of drug-likeness (QED) is 0.234. The van der Waals surface area contributed by atoms with Crippen molar-refractivity contribution in [2.45, 2.75) is 20.8 Å². The van der Waals surface area contributed by atoms with E-state index in [0.29, 0.717) is 0 Å². The topological polar surface area (TPSA) is 26.0 Å². The van der Waals surface area contributed by atoms with Gasteiger partial charge in [-0.15, -0.1) is 0 Å². The Balaban J connectivity index is 0.000000814. The van der Waals surface area contributed by atoms with Crippen molar-refractivity contribution in [2.75, 3.05) is 5.73 Å². The van der Waals surface area contributed by atoms with Crippen LogP contribution in [-0.4, -0.2) is 0 Å². The Bertz CT molecular complexity index is 1160. The highest BCUT2D eigenvalue weighted by Crippen LogP contribution is 2.31. The van der Waals surface area contributed by atoms with Crippen LogP contribution in [-0.2, 0) is 0 Å². The van der Waals surface area contributed by atoms with Crippen LogP contribution >= 0.6 is 0 Å². The van der Waals surface area contributed by atoms with Crippen LogP contribution in [0.4, 0.5) is 5.69 Å². The minimum atomic E-state index is 0.809. The van der Waals surface area contributed by atoms with E-state index in [1.807, 2.05) is 26.0 Å². The summed E-state index contributed by atoms with van der Waals surface area (Å²) in [5.74, 6) is 0. The third-order valence-corrected chi connectivity index (χ3v) is 4.89. The zero-order valence-electron chi connectivity index (χ0n) is 15.5. The lowest BCUT2D eigenvalue weighted by Crippen LogP contribution is -1.84. The number of nitrogens with two attached hydrogens (primary N) is 1. The van der Waals surface area contributed by atoms with Gasteiger partial charge in [-0.1, -0.05) is 43.7 Å². The summed E-state index contributed by atoms with van der Waals surface area (Å²) in [4.78, 5) is 0. The van der Waals surface area contributed by atoms with Crippen LogP contribution in [0, 0.1) is 6.92 Å². The summed E-state index contributed by atoms with van der Waals surface area (Å²) in [5.41, 5.74) is 8.04. The maximum Gasteiger partial charge on any atom is 0.0320 e. The first-order chi connectivity index (χ1) is 12.7. The summed E-state index contributed by atoms with van der Waals surface area (Å²) in [7, 11) is 0. The van der Waals surface area contributed by atoms with Gasteiger partial charge in [0.1, 0.15) is 0 Å². The van der Waals surface area contributed by atoms with Crippen molar-refractivity contribution in [3.8, 4) is 0 Å². The van der Waals surface area contributed by atoms with Crippen molar-refractivity contribution >= 4 is 48.8 Å². The van der Waals surface area contributed by atoms with Gasteiger partial charge >= 0.3 is 0 Å². The second-order valence-electron chi connectivity index (χ2n) is 6.71. The van der Waals surface area contributed by atoms with E-state index < -0.39 is 0 Å². The molecule has 0 fully saturated rings. The van der Waals surface area contributed by atoms with Crippen LogP contribution in [0.25, 0.3) is 43.1 Å². The molecular formula is C25H23N. The molecule has 0 saturated heterocycles. The number of hydrogen-bond acceptors (Lipinski definition) is 1. The molecule has 0 bridgehead atoms. The predicted octanol–water partition coefficient (Wildman–Crippen LogP) is 7.22. The molecule has 0 saturated carbocycles. The van der Waals surface area contributed by atoms with Gasteiger partial charge in [-0.3, -0.25) is 0 Å². The van der Waals surface area contributed by atoms with Crippen LogP contribution in [0.15, 0.2) is 72.8 Å². The van der Waals surface area contributed by atoms with Crippen LogP contribution in [0.3, 0.4) is 0 Å². The van der Waals surface area contributed by atoms with Crippen LogP contribution in [0.2, 0.25) is 0 Å². The summed E-state index contributed by atoms with van der Waals surface area (Å²) < 4.78 is 0. The second-order valence-corrected chi connectivity index (χ2v) is 6.71.